The Morgan fingerprint density at radius 2 is 2.50 bits per heavy atom. The van der Waals surface area contributed by atoms with Gasteiger partial charge in [0.15, 0.2) is 0 Å². The lowest BCUT2D eigenvalue weighted by atomic mass is 9.99. The van der Waals surface area contributed by atoms with Crippen molar-refractivity contribution in [3.8, 4) is 0 Å². The molecule has 0 aromatic rings. The van der Waals surface area contributed by atoms with Gasteiger partial charge in [-0.3, -0.25) is 4.79 Å². The van der Waals surface area contributed by atoms with Crippen LogP contribution in [0.15, 0.2) is 0 Å². The third-order valence-corrected chi connectivity index (χ3v) is 2.10. The summed E-state index contributed by atoms with van der Waals surface area (Å²) in [5, 5.41) is 11.8. The molecule has 0 aromatic heterocycles. The topological polar surface area (TPSA) is 49.3 Å². The molecule has 0 amide bonds. The van der Waals surface area contributed by atoms with Gasteiger partial charge in [-0.15, -0.1) is 0 Å². The van der Waals surface area contributed by atoms with Gasteiger partial charge in [-0.05, 0) is 19.4 Å². The van der Waals surface area contributed by atoms with E-state index >= 15 is 0 Å². The molecule has 0 aliphatic carbocycles. The van der Waals surface area contributed by atoms with Crippen LogP contribution in [0.1, 0.15) is 19.8 Å². The van der Waals surface area contributed by atoms with E-state index in [9.17, 15) is 4.79 Å². The van der Waals surface area contributed by atoms with Crippen molar-refractivity contribution in [1.29, 1.82) is 0 Å². The van der Waals surface area contributed by atoms with Crippen LogP contribution in [0.5, 0.6) is 0 Å². The molecule has 1 rings (SSSR count). The van der Waals surface area contributed by atoms with Crippen molar-refractivity contribution in [2.45, 2.75) is 25.8 Å². The maximum absolute atomic E-state index is 10.5. The second kappa shape index (κ2) is 3.01. The van der Waals surface area contributed by atoms with Crippen LogP contribution in [0, 0.1) is 5.92 Å². The Hall–Kier alpha value is -0.570. The zero-order valence-corrected chi connectivity index (χ0v) is 6.13. The predicted octanol–water partition coefficient (Wildman–Crippen LogP) is 0.459. The number of aliphatic carboxylic acids is 1. The molecule has 2 N–H and O–H groups in total. The standard InChI is InChI=1S/C7H13NO2/c1-2-6-5(7(9)10)3-4-8-6/h5-6,8H,2-4H2,1H3,(H,9,10)/t5-,6-/m1/s1. The summed E-state index contributed by atoms with van der Waals surface area (Å²) in [6.07, 6.45) is 1.70. The fourth-order valence-electron chi connectivity index (χ4n) is 1.49. The van der Waals surface area contributed by atoms with Gasteiger partial charge >= 0.3 is 5.97 Å². The first-order valence-corrected chi connectivity index (χ1v) is 3.72. The highest BCUT2D eigenvalue weighted by Gasteiger charge is 2.30. The maximum atomic E-state index is 10.5. The molecule has 10 heavy (non-hydrogen) atoms. The molecule has 0 radical (unpaired) electrons. The fourth-order valence-corrected chi connectivity index (χ4v) is 1.49. The number of rotatable bonds is 2. The van der Waals surface area contributed by atoms with Gasteiger partial charge in [0.25, 0.3) is 0 Å². The van der Waals surface area contributed by atoms with Crippen molar-refractivity contribution in [1.82, 2.24) is 5.32 Å². The summed E-state index contributed by atoms with van der Waals surface area (Å²) in [5.41, 5.74) is 0. The lowest BCUT2D eigenvalue weighted by molar-refractivity contribution is -0.142. The minimum atomic E-state index is -0.656. The molecule has 58 valence electrons. The van der Waals surface area contributed by atoms with Crippen molar-refractivity contribution in [3.05, 3.63) is 0 Å². The second-order valence-corrected chi connectivity index (χ2v) is 2.70. The Balaban J connectivity index is 2.50. The van der Waals surface area contributed by atoms with Crippen molar-refractivity contribution in [2.24, 2.45) is 5.92 Å². The monoisotopic (exact) mass is 143 g/mol. The first-order chi connectivity index (χ1) is 4.75. The number of nitrogens with one attached hydrogen (secondary N) is 1. The molecule has 0 bridgehead atoms. The SMILES string of the molecule is CC[C@H]1NCC[C@H]1C(=O)O. The molecular weight excluding hydrogens is 130 g/mol. The van der Waals surface area contributed by atoms with Crippen molar-refractivity contribution < 1.29 is 9.90 Å². The van der Waals surface area contributed by atoms with Crippen molar-refractivity contribution in [3.63, 3.8) is 0 Å². The molecule has 3 nitrogen and oxygen atoms in total. The van der Waals surface area contributed by atoms with E-state index in [0.29, 0.717) is 0 Å². The number of carbonyl (C=O) groups is 1. The van der Waals surface area contributed by atoms with Crippen LogP contribution in [0.2, 0.25) is 0 Å². The van der Waals surface area contributed by atoms with Gasteiger partial charge in [0.05, 0.1) is 5.92 Å². The van der Waals surface area contributed by atoms with Crippen LogP contribution in [0.25, 0.3) is 0 Å². The first-order valence-electron chi connectivity index (χ1n) is 3.72. The van der Waals surface area contributed by atoms with E-state index in [1.54, 1.807) is 0 Å². The molecule has 0 aromatic carbocycles. The van der Waals surface area contributed by atoms with Gasteiger partial charge in [0.2, 0.25) is 0 Å². The third-order valence-electron chi connectivity index (χ3n) is 2.10. The van der Waals surface area contributed by atoms with Gasteiger partial charge in [0.1, 0.15) is 0 Å². The fraction of sp³-hybridized carbons (Fsp3) is 0.857. The summed E-state index contributed by atoms with van der Waals surface area (Å²) >= 11 is 0. The Morgan fingerprint density at radius 3 is 2.90 bits per heavy atom. The van der Waals surface area contributed by atoms with E-state index in [1.165, 1.54) is 0 Å². The van der Waals surface area contributed by atoms with Gasteiger partial charge < -0.3 is 10.4 Å². The molecule has 1 saturated heterocycles. The molecule has 0 saturated carbocycles. The zero-order valence-electron chi connectivity index (χ0n) is 6.13. The normalized spacial score (nSPS) is 32.5. The molecule has 3 heteroatoms. The number of hydrogen-bond acceptors (Lipinski definition) is 2. The first kappa shape index (κ1) is 7.54. The van der Waals surface area contributed by atoms with Gasteiger partial charge in [-0.2, -0.15) is 0 Å². The summed E-state index contributed by atoms with van der Waals surface area (Å²) in [6, 6.07) is 0.206. The smallest absolute Gasteiger partial charge is 0.308 e. The van der Waals surface area contributed by atoms with Crippen LogP contribution in [-0.4, -0.2) is 23.7 Å². The minimum Gasteiger partial charge on any atom is -0.481 e. The summed E-state index contributed by atoms with van der Waals surface area (Å²) in [5.74, 6) is -0.804. The maximum Gasteiger partial charge on any atom is 0.308 e. The van der Waals surface area contributed by atoms with Gasteiger partial charge in [-0.1, -0.05) is 6.92 Å². The highest BCUT2D eigenvalue weighted by molar-refractivity contribution is 5.71. The largest absolute Gasteiger partial charge is 0.481 e. The highest BCUT2D eigenvalue weighted by atomic mass is 16.4. The quantitative estimate of drug-likeness (QED) is 0.590. The Kier molecular flexibility index (Phi) is 2.27. The van der Waals surface area contributed by atoms with E-state index in [2.05, 4.69) is 5.32 Å². The van der Waals surface area contributed by atoms with E-state index in [4.69, 9.17) is 5.11 Å². The van der Waals surface area contributed by atoms with Crippen LogP contribution in [0.3, 0.4) is 0 Å². The molecule has 1 aliphatic heterocycles. The van der Waals surface area contributed by atoms with Crippen LogP contribution < -0.4 is 5.32 Å². The number of carboxylic acid groups (broad SMARTS) is 1. The van der Waals surface area contributed by atoms with E-state index < -0.39 is 5.97 Å². The minimum absolute atomic E-state index is 0.148. The van der Waals surface area contributed by atoms with Crippen molar-refractivity contribution >= 4 is 5.97 Å². The summed E-state index contributed by atoms with van der Waals surface area (Å²) in [7, 11) is 0. The predicted molar refractivity (Wildman–Crippen MR) is 37.8 cm³/mol. The molecule has 0 unspecified atom stereocenters. The molecular formula is C7H13NO2. The van der Waals surface area contributed by atoms with E-state index in [1.807, 2.05) is 6.92 Å². The highest BCUT2D eigenvalue weighted by Crippen LogP contribution is 2.17. The number of hydrogen-bond donors (Lipinski definition) is 2. The Labute approximate surface area is 60.4 Å². The van der Waals surface area contributed by atoms with Crippen LogP contribution in [0.4, 0.5) is 0 Å². The second-order valence-electron chi connectivity index (χ2n) is 2.70. The molecule has 1 fully saturated rings. The molecule has 2 atom stereocenters. The van der Waals surface area contributed by atoms with Crippen molar-refractivity contribution in [2.75, 3.05) is 6.54 Å². The average Bonchev–Trinajstić information content (AvgIpc) is 2.33. The lowest BCUT2D eigenvalue weighted by Gasteiger charge is -2.12. The Morgan fingerprint density at radius 1 is 1.80 bits per heavy atom. The molecule has 1 aliphatic rings. The third kappa shape index (κ3) is 1.29. The van der Waals surface area contributed by atoms with E-state index in [-0.39, 0.29) is 12.0 Å². The lowest BCUT2D eigenvalue weighted by Crippen LogP contribution is -2.30. The van der Waals surface area contributed by atoms with Gasteiger partial charge in [-0.25, -0.2) is 0 Å². The summed E-state index contributed by atoms with van der Waals surface area (Å²) in [6.45, 7) is 2.87. The Bertz CT molecular complexity index is 136. The van der Waals surface area contributed by atoms with E-state index in [0.717, 1.165) is 19.4 Å². The molecule has 1 heterocycles. The molecule has 0 spiro atoms. The summed E-state index contributed by atoms with van der Waals surface area (Å²) < 4.78 is 0. The zero-order chi connectivity index (χ0) is 7.56. The van der Waals surface area contributed by atoms with Gasteiger partial charge in [0, 0.05) is 6.04 Å². The number of carboxylic acids is 1. The average molecular weight is 143 g/mol. The van der Waals surface area contributed by atoms with Crippen LogP contribution in [-0.2, 0) is 4.79 Å². The summed E-state index contributed by atoms with van der Waals surface area (Å²) in [4.78, 5) is 10.5. The van der Waals surface area contributed by atoms with Crippen LogP contribution >= 0.6 is 0 Å².